The molecule has 1 aliphatic carbocycles. The van der Waals surface area contributed by atoms with Crippen molar-refractivity contribution in [2.45, 2.75) is 26.2 Å². The van der Waals surface area contributed by atoms with E-state index >= 15 is 0 Å². The van der Waals surface area contributed by atoms with Gasteiger partial charge in [0.2, 0.25) is 0 Å². The smallest absolute Gasteiger partial charge is 0.257 e. The minimum Gasteiger partial charge on any atom is -0.323 e. The lowest BCUT2D eigenvalue weighted by atomic mass is 9.89. The minimum absolute atomic E-state index is 0.183. The predicted molar refractivity (Wildman–Crippen MR) is 105 cm³/mol. The van der Waals surface area contributed by atoms with E-state index in [1.165, 1.54) is 4.88 Å². The number of hydrogen-bond donors (Lipinski definition) is 2. The van der Waals surface area contributed by atoms with Gasteiger partial charge in [-0.05, 0) is 67.2 Å². The zero-order chi connectivity index (χ0) is 18.0. The summed E-state index contributed by atoms with van der Waals surface area (Å²) in [6.45, 7) is 2.22. The van der Waals surface area contributed by atoms with Crippen LogP contribution in [0.3, 0.4) is 0 Å². The summed E-state index contributed by atoms with van der Waals surface area (Å²) in [5.74, 6) is 0.310. The molecule has 1 amide bonds. The molecule has 1 unspecified atom stereocenters. The zero-order valence-corrected chi connectivity index (χ0v) is 15.9. The third-order valence-electron chi connectivity index (χ3n) is 4.18. The maximum Gasteiger partial charge on any atom is 0.257 e. The zero-order valence-electron chi connectivity index (χ0n) is 13.6. The van der Waals surface area contributed by atoms with Crippen molar-refractivity contribution in [1.82, 2.24) is 5.32 Å². The number of carbonyl (C=O) groups excluding carboxylic acids is 1. The molecule has 0 radical (unpaired) electrons. The number of rotatable bonds is 2. The van der Waals surface area contributed by atoms with E-state index in [2.05, 4.69) is 23.6 Å². The molecule has 25 heavy (non-hydrogen) atoms. The molecule has 2 aromatic rings. The number of fused-ring (bicyclic) bond motifs is 1. The van der Waals surface area contributed by atoms with Crippen LogP contribution >= 0.6 is 35.2 Å². The highest BCUT2D eigenvalue weighted by Crippen LogP contribution is 2.39. The summed E-state index contributed by atoms with van der Waals surface area (Å²) in [5, 5.41) is 16.6. The van der Waals surface area contributed by atoms with E-state index in [1.54, 1.807) is 35.6 Å². The van der Waals surface area contributed by atoms with E-state index in [0.29, 0.717) is 27.1 Å². The fourth-order valence-corrected chi connectivity index (χ4v) is 4.62. The van der Waals surface area contributed by atoms with Crippen LogP contribution < -0.4 is 10.6 Å². The number of carbonyl (C=O) groups is 1. The van der Waals surface area contributed by atoms with Crippen molar-refractivity contribution in [2.75, 3.05) is 5.32 Å². The summed E-state index contributed by atoms with van der Waals surface area (Å²) < 4.78 is 0. The van der Waals surface area contributed by atoms with Crippen molar-refractivity contribution in [3.63, 3.8) is 0 Å². The van der Waals surface area contributed by atoms with Gasteiger partial charge in [0.1, 0.15) is 11.1 Å². The number of hydrogen-bond acceptors (Lipinski definition) is 4. The summed E-state index contributed by atoms with van der Waals surface area (Å²) in [6.07, 6.45) is 3.00. The van der Waals surface area contributed by atoms with Gasteiger partial charge in [0.25, 0.3) is 5.91 Å². The Hall–Kier alpha value is -1.94. The molecule has 1 atom stereocenters. The third-order valence-corrected chi connectivity index (χ3v) is 5.81. The van der Waals surface area contributed by atoms with E-state index in [0.717, 1.165) is 24.8 Å². The molecule has 3 rings (SSSR count). The summed E-state index contributed by atoms with van der Waals surface area (Å²) in [5.41, 5.74) is 2.24. The molecular formula is C18H16ClN3OS2. The molecule has 0 saturated heterocycles. The molecular weight excluding hydrogens is 374 g/mol. The molecule has 0 bridgehead atoms. The molecule has 1 aromatic carbocycles. The highest BCUT2D eigenvalue weighted by atomic mass is 35.5. The number of thiophene rings is 1. The number of nitrogens with one attached hydrogen (secondary N) is 2. The average Bonchev–Trinajstić information content (AvgIpc) is 2.90. The first-order chi connectivity index (χ1) is 12.0. The quantitative estimate of drug-likeness (QED) is 0.741. The predicted octanol–water partition coefficient (Wildman–Crippen LogP) is 4.52. The first kappa shape index (κ1) is 17.9. The second-order valence-corrected chi connectivity index (χ2v) is 8.03. The molecule has 1 heterocycles. The number of anilines is 1. The van der Waals surface area contributed by atoms with Crippen LogP contribution in [0.4, 0.5) is 5.00 Å². The Balaban J connectivity index is 1.72. The Labute approximate surface area is 160 Å². The fourth-order valence-electron chi connectivity index (χ4n) is 2.87. The standard InChI is InChI=1S/C18H16ClN3OS2/c1-10-2-7-13-14(9-20)17(25-15(13)8-10)22-18(24)21-16(23)11-3-5-12(19)6-4-11/h3-6,10H,2,7-8H2,1H3,(H2,21,22,23,24). The molecule has 4 nitrogen and oxygen atoms in total. The van der Waals surface area contributed by atoms with Gasteiger partial charge in [-0.3, -0.25) is 10.1 Å². The maximum absolute atomic E-state index is 12.2. The summed E-state index contributed by atoms with van der Waals surface area (Å²) in [4.78, 5) is 13.4. The van der Waals surface area contributed by atoms with E-state index in [1.807, 2.05) is 0 Å². The highest BCUT2D eigenvalue weighted by molar-refractivity contribution is 7.80. The van der Waals surface area contributed by atoms with Crippen LogP contribution in [0, 0.1) is 17.2 Å². The van der Waals surface area contributed by atoms with Crippen molar-refractivity contribution in [1.29, 1.82) is 5.26 Å². The molecule has 0 fully saturated rings. The maximum atomic E-state index is 12.2. The van der Waals surface area contributed by atoms with Gasteiger partial charge in [-0.2, -0.15) is 5.26 Å². The molecule has 1 aromatic heterocycles. The van der Waals surface area contributed by atoms with Gasteiger partial charge < -0.3 is 5.32 Å². The van der Waals surface area contributed by atoms with E-state index in [4.69, 9.17) is 23.8 Å². The Morgan fingerprint density at radius 2 is 2.12 bits per heavy atom. The van der Waals surface area contributed by atoms with Crippen LogP contribution in [0.1, 0.15) is 39.7 Å². The molecule has 0 spiro atoms. The lowest BCUT2D eigenvalue weighted by Gasteiger charge is -2.17. The van der Waals surface area contributed by atoms with Gasteiger partial charge in [-0.15, -0.1) is 11.3 Å². The van der Waals surface area contributed by atoms with E-state index in [-0.39, 0.29) is 11.0 Å². The van der Waals surface area contributed by atoms with Crippen LogP contribution in [0.2, 0.25) is 5.02 Å². The highest BCUT2D eigenvalue weighted by Gasteiger charge is 2.24. The first-order valence-electron chi connectivity index (χ1n) is 7.90. The van der Waals surface area contributed by atoms with Crippen molar-refractivity contribution in [3.05, 3.63) is 50.9 Å². The molecule has 1 aliphatic rings. The average molecular weight is 390 g/mol. The van der Waals surface area contributed by atoms with Crippen LogP contribution in [0.5, 0.6) is 0 Å². The Kier molecular flexibility index (Phi) is 5.38. The lowest BCUT2D eigenvalue weighted by Crippen LogP contribution is -2.34. The molecule has 0 aliphatic heterocycles. The van der Waals surface area contributed by atoms with Crippen molar-refractivity contribution in [2.24, 2.45) is 5.92 Å². The van der Waals surface area contributed by atoms with Gasteiger partial charge in [0.15, 0.2) is 5.11 Å². The number of nitrogens with zero attached hydrogens (tertiary/aromatic N) is 1. The van der Waals surface area contributed by atoms with Crippen LogP contribution in [0.25, 0.3) is 0 Å². The number of thiocarbonyl (C=S) groups is 1. The summed E-state index contributed by atoms with van der Waals surface area (Å²) in [7, 11) is 0. The van der Waals surface area contributed by atoms with Crippen LogP contribution in [-0.2, 0) is 12.8 Å². The normalized spacial score (nSPS) is 15.8. The van der Waals surface area contributed by atoms with Crippen LogP contribution in [-0.4, -0.2) is 11.0 Å². The third kappa shape index (κ3) is 4.01. The first-order valence-corrected chi connectivity index (χ1v) is 9.50. The summed E-state index contributed by atoms with van der Waals surface area (Å²) in [6, 6.07) is 8.83. The Bertz CT molecular complexity index is 868. The Morgan fingerprint density at radius 1 is 1.40 bits per heavy atom. The van der Waals surface area contributed by atoms with Crippen molar-refractivity contribution in [3.8, 4) is 6.07 Å². The molecule has 128 valence electrons. The topological polar surface area (TPSA) is 64.9 Å². The lowest BCUT2D eigenvalue weighted by molar-refractivity contribution is 0.0978. The largest absolute Gasteiger partial charge is 0.323 e. The minimum atomic E-state index is -0.317. The Morgan fingerprint density at radius 3 is 2.80 bits per heavy atom. The van der Waals surface area contributed by atoms with Gasteiger partial charge in [-0.25, -0.2) is 0 Å². The number of amides is 1. The van der Waals surface area contributed by atoms with Crippen LogP contribution in [0.15, 0.2) is 24.3 Å². The molecule has 2 N–H and O–H groups in total. The molecule has 0 saturated carbocycles. The SMILES string of the molecule is CC1CCc2c(sc(NC(=S)NC(=O)c3ccc(Cl)cc3)c2C#N)C1. The fraction of sp³-hybridized carbons (Fsp3) is 0.278. The monoisotopic (exact) mass is 389 g/mol. The molecule has 7 heteroatoms. The van der Waals surface area contributed by atoms with Gasteiger partial charge >= 0.3 is 0 Å². The van der Waals surface area contributed by atoms with Gasteiger partial charge in [-0.1, -0.05) is 18.5 Å². The van der Waals surface area contributed by atoms with E-state index in [9.17, 15) is 10.1 Å². The van der Waals surface area contributed by atoms with E-state index < -0.39 is 0 Å². The van der Waals surface area contributed by atoms with Gasteiger partial charge in [0, 0.05) is 15.5 Å². The number of benzene rings is 1. The second-order valence-electron chi connectivity index (χ2n) is 6.08. The van der Waals surface area contributed by atoms with Crippen molar-refractivity contribution < 1.29 is 4.79 Å². The van der Waals surface area contributed by atoms with Gasteiger partial charge in [0.05, 0.1) is 5.56 Å². The number of nitriles is 1. The summed E-state index contributed by atoms with van der Waals surface area (Å²) >= 11 is 12.6. The van der Waals surface area contributed by atoms with Crippen molar-refractivity contribution >= 4 is 51.2 Å². The second kappa shape index (κ2) is 7.52. The number of halogens is 1.